The molecule has 0 aliphatic carbocycles. The SMILES string of the molecule is CN(C)Cc1nc([N+]2(C3CCCCO3)N=C(c3ccc4c(c3)OCO4)c3ccccc32)n[nH]1. The predicted molar refractivity (Wildman–Crippen MR) is 123 cm³/mol. The zero-order valence-corrected chi connectivity index (χ0v) is 18.8. The Morgan fingerprint density at radius 3 is 2.82 bits per heavy atom. The van der Waals surface area contributed by atoms with Gasteiger partial charge in [0.1, 0.15) is 11.5 Å². The van der Waals surface area contributed by atoms with Gasteiger partial charge in [-0.2, -0.15) is 4.98 Å². The summed E-state index contributed by atoms with van der Waals surface area (Å²) in [6.45, 7) is 1.61. The average molecular weight is 448 g/mol. The molecule has 2 unspecified atom stereocenters. The number of hydrogen-bond donors (Lipinski definition) is 1. The third kappa shape index (κ3) is 3.31. The van der Waals surface area contributed by atoms with Crippen molar-refractivity contribution in [3.05, 3.63) is 59.4 Å². The van der Waals surface area contributed by atoms with Crippen LogP contribution >= 0.6 is 0 Å². The maximum absolute atomic E-state index is 6.34. The molecule has 0 amide bonds. The minimum atomic E-state index is -0.200. The summed E-state index contributed by atoms with van der Waals surface area (Å²) < 4.78 is 17.6. The van der Waals surface area contributed by atoms with Crippen LogP contribution in [0.5, 0.6) is 11.5 Å². The Labute approximate surface area is 192 Å². The van der Waals surface area contributed by atoms with E-state index in [1.807, 2.05) is 44.4 Å². The van der Waals surface area contributed by atoms with E-state index in [-0.39, 0.29) is 17.6 Å². The van der Waals surface area contributed by atoms with Gasteiger partial charge in [0, 0.05) is 18.1 Å². The number of para-hydroxylation sites is 1. The number of aromatic nitrogens is 3. The molecular weight excluding hydrogens is 420 g/mol. The Kier molecular flexibility index (Phi) is 4.90. The average Bonchev–Trinajstić information content (AvgIpc) is 3.56. The lowest BCUT2D eigenvalue weighted by Gasteiger charge is -2.34. The molecule has 1 fully saturated rings. The van der Waals surface area contributed by atoms with Gasteiger partial charge in [0.15, 0.2) is 17.2 Å². The number of hydrogen-bond acceptors (Lipinski definition) is 7. The maximum Gasteiger partial charge on any atom is 0.382 e. The van der Waals surface area contributed by atoms with Crippen LogP contribution in [0, 0.1) is 0 Å². The van der Waals surface area contributed by atoms with Gasteiger partial charge in [-0.1, -0.05) is 26.9 Å². The lowest BCUT2D eigenvalue weighted by atomic mass is 10.0. The van der Waals surface area contributed by atoms with Gasteiger partial charge in [-0.25, -0.2) is 0 Å². The zero-order valence-electron chi connectivity index (χ0n) is 18.8. The van der Waals surface area contributed by atoms with E-state index in [9.17, 15) is 0 Å². The van der Waals surface area contributed by atoms with Crippen LogP contribution < -0.4 is 14.1 Å². The molecule has 0 saturated carbocycles. The topological polar surface area (TPSA) is 84.9 Å². The van der Waals surface area contributed by atoms with Gasteiger partial charge in [-0.05, 0) is 51.2 Å². The second-order valence-corrected chi connectivity index (χ2v) is 8.86. The summed E-state index contributed by atoms with van der Waals surface area (Å²) >= 11 is 0. The Morgan fingerprint density at radius 1 is 1.09 bits per heavy atom. The minimum absolute atomic E-state index is 0.101. The molecule has 33 heavy (non-hydrogen) atoms. The molecule has 3 aromatic rings. The molecule has 2 atom stereocenters. The summed E-state index contributed by atoms with van der Waals surface area (Å²) in [7, 11) is 4.02. The highest BCUT2D eigenvalue weighted by Gasteiger charge is 2.54. The Hall–Kier alpha value is -3.27. The van der Waals surface area contributed by atoms with Gasteiger partial charge in [0.25, 0.3) is 0 Å². The van der Waals surface area contributed by atoms with Crippen LogP contribution in [-0.4, -0.2) is 59.5 Å². The molecule has 0 bridgehead atoms. The number of nitrogens with zero attached hydrogens (tertiary/aromatic N) is 5. The highest BCUT2D eigenvalue weighted by molar-refractivity contribution is 6.18. The van der Waals surface area contributed by atoms with E-state index in [1.54, 1.807) is 0 Å². The van der Waals surface area contributed by atoms with Crippen LogP contribution in [-0.2, 0) is 11.3 Å². The number of rotatable bonds is 5. The highest BCUT2D eigenvalue weighted by Crippen LogP contribution is 2.47. The normalized spacial score (nSPS) is 23.6. The molecule has 3 aliphatic rings. The van der Waals surface area contributed by atoms with E-state index in [0.717, 1.165) is 59.1 Å². The van der Waals surface area contributed by atoms with E-state index in [1.165, 1.54) is 0 Å². The summed E-state index contributed by atoms with van der Waals surface area (Å²) in [6.07, 6.45) is 2.81. The van der Waals surface area contributed by atoms with Crippen LogP contribution in [0.3, 0.4) is 0 Å². The van der Waals surface area contributed by atoms with Gasteiger partial charge in [-0.15, -0.1) is 0 Å². The van der Waals surface area contributed by atoms with Crippen LogP contribution in [0.1, 0.15) is 36.2 Å². The molecule has 4 heterocycles. The fourth-order valence-electron chi connectivity index (χ4n) is 4.82. The van der Waals surface area contributed by atoms with Gasteiger partial charge in [0.05, 0.1) is 18.7 Å². The van der Waals surface area contributed by atoms with Crippen molar-refractivity contribution in [2.24, 2.45) is 5.10 Å². The first kappa shape index (κ1) is 20.3. The van der Waals surface area contributed by atoms with E-state index < -0.39 is 0 Å². The van der Waals surface area contributed by atoms with E-state index in [0.29, 0.717) is 19.1 Å². The number of fused-ring (bicyclic) bond motifs is 2. The molecular formula is C24H27N6O3+. The van der Waals surface area contributed by atoms with Crippen molar-refractivity contribution in [1.82, 2.24) is 24.7 Å². The molecule has 9 heteroatoms. The van der Waals surface area contributed by atoms with Gasteiger partial charge >= 0.3 is 5.95 Å². The minimum Gasteiger partial charge on any atom is -0.454 e. The van der Waals surface area contributed by atoms with Crippen molar-refractivity contribution >= 4 is 17.3 Å². The first-order valence-electron chi connectivity index (χ1n) is 11.3. The van der Waals surface area contributed by atoms with Gasteiger partial charge in [0.2, 0.25) is 13.0 Å². The van der Waals surface area contributed by atoms with Crippen molar-refractivity contribution in [3.8, 4) is 11.5 Å². The van der Waals surface area contributed by atoms with Crippen molar-refractivity contribution < 1.29 is 14.2 Å². The highest BCUT2D eigenvalue weighted by atomic mass is 16.7. The number of nitrogens with one attached hydrogen (secondary N) is 1. The molecule has 9 nitrogen and oxygen atoms in total. The molecule has 0 radical (unpaired) electrons. The van der Waals surface area contributed by atoms with E-state index in [2.05, 4.69) is 27.2 Å². The smallest absolute Gasteiger partial charge is 0.382 e. The fraction of sp³-hybridized carbons (Fsp3) is 0.375. The molecule has 1 saturated heterocycles. The first-order chi connectivity index (χ1) is 16.1. The lowest BCUT2D eigenvalue weighted by molar-refractivity contribution is -0.0594. The summed E-state index contributed by atoms with van der Waals surface area (Å²) in [5, 5.41) is 13.1. The summed E-state index contributed by atoms with van der Waals surface area (Å²) in [6, 6.07) is 14.3. The summed E-state index contributed by atoms with van der Waals surface area (Å²) in [5.74, 6) is 2.89. The van der Waals surface area contributed by atoms with Crippen LogP contribution in [0.25, 0.3) is 0 Å². The monoisotopic (exact) mass is 447 g/mol. The summed E-state index contributed by atoms with van der Waals surface area (Å²) in [5.41, 5.74) is 3.90. The Morgan fingerprint density at radius 2 is 1.97 bits per heavy atom. The maximum atomic E-state index is 6.34. The van der Waals surface area contributed by atoms with Crippen LogP contribution in [0.2, 0.25) is 0 Å². The van der Waals surface area contributed by atoms with E-state index >= 15 is 0 Å². The largest absolute Gasteiger partial charge is 0.454 e. The molecule has 0 spiro atoms. The standard InChI is InChI=1S/C24H27N6O3/c1-29(2)14-21-25-24(27-26-21)30(22-9-5-6-12-31-22)18-8-4-3-7-17(18)23(28-30)16-10-11-19-20(13-16)33-15-32-19/h3-4,7-8,10-11,13,22H,5-6,9,12,14-15H2,1-2H3,(H,25,26,27)/q+1. The summed E-state index contributed by atoms with van der Waals surface area (Å²) in [4.78, 5) is 6.96. The van der Waals surface area contributed by atoms with Crippen molar-refractivity contribution in [2.75, 3.05) is 27.5 Å². The van der Waals surface area contributed by atoms with Crippen molar-refractivity contribution in [3.63, 3.8) is 0 Å². The molecule has 2 aromatic carbocycles. The zero-order chi connectivity index (χ0) is 22.4. The van der Waals surface area contributed by atoms with Crippen molar-refractivity contribution in [2.45, 2.75) is 32.0 Å². The van der Waals surface area contributed by atoms with Crippen LogP contribution in [0.4, 0.5) is 11.6 Å². The Balaban J connectivity index is 1.54. The third-order valence-electron chi connectivity index (χ3n) is 6.29. The number of aromatic amines is 1. The molecule has 6 rings (SSSR count). The van der Waals surface area contributed by atoms with Crippen LogP contribution in [0.15, 0.2) is 47.6 Å². The molecule has 3 aliphatic heterocycles. The van der Waals surface area contributed by atoms with E-state index in [4.69, 9.17) is 24.3 Å². The second kappa shape index (κ2) is 7.95. The molecule has 1 aromatic heterocycles. The predicted octanol–water partition coefficient (Wildman–Crippen LogP) is 3.53. The third-order valence-corrected chi connectivity index (χ3v) is 6.29. The second-order valence-electron chi connectivity index (χ2n) is 8.86. The number of benzene rings is 2. The lowest BCUT2D eigenvalue weighted by Crippen LogP contribution is -2.50. The van der Waals surface area contributed by atoms with Gasteiger partial charge in [-0.3, -0.25) is 5.10 Å². The molecule has 170 valence electrons. The van der Waals surface area contributed by atoms with Crippen molar-refractivity contribution in [1.29, 1.82) is 0 Å². The van der Waals surface area contributed by atoms with Gasteiger partial charge < -0.3 is 19.1 Å². The quantitative estimate of drug-likeness (QED) is 0.603. The first-order valence-corrected chi connectivity index (χ1v) is 11.3. The number of quaternary nitrogens is 1. The molecule has 1 N–H and O–H groups in total. The fourth-order valence-corrected chi connectivity index (χ4v) is 4.82. The number of H-pyrrole nitrogens is 1. The number of ether oxygens (including phenoxy) is 3. The Bertz CT molecular complexity index is 1220.